The zero-order valence-electron chi connectivity index (χ0n) is 24.9. The molecule has 0 bridgehead atoms. The highest BCUT2D eigenvalue weighted by atomic mass is 32.2. The highest BCUT2D eigenvalue weighted by molar-refractivity contribution is 7.99. The minimum atomic E-state index is -0.542. The molecule has 234 valence electrons. The number of thioether (sulfide) groups is 1. The quantitative estimate of drug-likeness (QED) is 0.0763. The summed E-state index contributed by atoms with van der Waals surface area (Å²) < 4.78 is 13.0. The van der Waals surface area contributed by atoms with Gasteiger partial charge in [-0.15, -0.1) is 11.8 Å². The van der Waals surface area contributed by atoms with Crippen LogP contribution in [0.15, 0.2) is 108 Å². The summed E-state index contributed by atoms with van der Waals surface area (Å²) >= 11 is 1.77. The van der Waals surface area contributed by atoms with Crippen molar-refractivity contribution in [3.63, 3.8) is 0 Å². The molecule has 45 heavy (non-hydrogen) atoms. The number of carbonyl (C=O) groups is 2. The summed E-state index contributed by atoms with van der Waals surface area (Å²) in [4.78, 5) is 24.7. The predicted octanol–water partition coefficient (Wildman–Crippen LogP) is 6.48. The van der Waals surface area contributed by atoms with Gasteiger partial charge in [0.25, 0.3) is 0 Å². The van der Waals surface area contributed by atoms with Gasteiger partial charge in [0.2, 0.25) is 11.8 Å². The second-order valence-electron chi connectivity index (χ2n) is 10.9. The van der Waals surface area contributed by atoms with Gasteiger partial charge in [-0.25, -0.2) is 5.48 Å². The molecule has 3 unspecified atom stereocenters. The van der Waals surface area contributed by atoms with Gasteiger partial charge in [0.15, 0.2) is 6.29 Å². The van der Waals surface area contributed by atoms with Gasteiger partial charge in [0.05, 0.1) is 18.8 Å². The molecule has 1 aliphatic rings. The van der Waals surface area contributed by atoms with E-state index in [-0.39, 0.29) is 37.6 Å². The maximum Gasteiger partial charge on any atom is 0.243 e. The smallest absolute Gasteiger partial charge is 0.243 e. The summed E-state index contributed by atoms with van der Waals surface area (Å²) in [6, 6.07) is 34.3. The third-order valence-electron chi connectivity index (χ3n) is 7.71. The fraction of sp³-hybridized carbons (Fsp3) is 0.278. The number of carbonyl (C=O) groups excluding carboxylic acids is 2. The van der Waals surface area contributed by atoms with Crippen LogP contribution in [-0.4, -0.2) is 34.0 Å². The van der Waals surface area contributed by atoms with Crippen molar-refractivity contribution in [2.75, 3.05) is 5.75 Å². The Morgan fingerprint density at radius 1 is 0.800 bits per heavy atom. The number of nitrogens with one attached hydrogen (secondary N) is 2. The molecule has 4 aromatic carbocycles. The van der Waals surface area contributed by atoms with E-state index < -0.39 is 12.2 Å². The lowest BCUT2D eigenvalue weighted by Gasteiger charge is -2.36. The number of rotatable bonds is 13. The van der Waals surface area contributed by atoms with E-state index >= 15 is 0 Å². The Morgan fingerprint density at radius 2 is 1.49 bits per heavy atom. The van der Waals surface area contributed by atoms with Gasteiger partial charge < -0.3 is 19.9 Å². The van der Waals surface area contributed by atoms with Crippen LogP contribution in [0.5, 0.6) is 0 Å². The molecule has 0 aliphatic carbocycles. The first kappa shape index (κ1) is 32.4. The maximum atomic E-state index is 12.3. The molecular formula is C36H38N2O6S. The summed E-state index contributed by atoms with van der Waals surface area (Å²) in [7, 11) is 0. The van der Waals surface area contributed by atoms with E-state index in [9.17, 15) is 14.7 Å². The van der Waals surface area contributed by atoms with E-state index in [0.717, 1.165) is 45.6 Å². The molecule has 0 aromatic heterocycles. The Balaban J connectivity index is 1.27. The van der Waals surface area contributed by atoms with Crippen molar-refractivity contribution in [2.45, 2.75) is 62.2 Å². The Morgan fingerprint density at radius 3 is 2.22 bits per heavy atom. The number of aliphatic hydroxyl groups is 1. The van der Waals surface area contributed by atoms with Gasteiger partial charge in [-0.3, -0.25) is 14.8 Å². The van der Waals surface area contributed by atoms with Crippen molar-refractivity contribution in [3.8, 4) is 11.1 Å². The predicted molar refractivity (Wildman–Crippen MR) is 173 cm³/mol. The first-order valence-corrected chi connectivity index (χ1v) is 16.1. The highest BCUT2D eigenvalue weighted by Gasteiger charge is 2.32. The minimum Gasteiger partial charge on any atom is -0.392 e. The topological polar surface area (TPSA) is 117 Å². The number of hydrogen-bond acceptors (Lipinski definition) is 7. The second kappa shape index (κ2) is 16.4. The first-order chi connectivity index (χ1) is 22.0. The molecular weight excluding hydrogens is 588 g/mol. The number of hydroxylamine groups is 1. The number of amides is 2. The van der Waals surface area contributed by atoms with E-state index in [1.165, 1.54) is 4.90 Å². The summed E-state index contributed by atoms with van der Waals surface area (Å²) in [5, 5.41) is 21.0. The van der Waals surface area contributed by atoms with Crippen LogP contribution in [0.4, 0.5) is 0 Å². The van der Waals surface area contributed by atoms with Gasteiger partial charge >= 0.3 is 0 Å². The Kier molecular flexibility index (Phi) is 11.8. The molecule has 8 nitrogen and oxygen atoms in total. The molecule has 2 amide bonds. The molecule has 0 saturated carbocycles. The zero-order valence-corrected chi connectivity index (χ0v) is 25.7. The molecule has 0 radical (unpaired) electrons. The van der Waals surface area contributed by atoms with Crippen LogP contribution < -0.4 is 10.8 Å². The van der Waals surface area contributed by atoms with Crippen molar-refractivity contribution >= 4 is 23.6 Å². The Labute approximate surface area is 267 Å². The van der Waals surface area contributed by atoms with E-state index in [1.54, 1.807) is 17.2 Å². The van der Waals surface area contributed by atoms with E-state index in [1.807, 2.05) is 91.0 Å². The van der Waals surface area contributed by atoms with Crippen LogP contribution in [0.1, 0.15) is 60.3 Å². The first-order valence-electron chi connectivity index (χ1n) is 15.1. The van der Waals surface area contributed by atoms with E-state index in [0.29, 0.717) is 13.0 Å². The van der Waals surface area contributed by atoms with Gasteiger partial charge in [-0.2, -0.15) is 0 Å². The molecule has 1 heterocycles. The van der Waals surface area contributed by atoms with Crippen LogP contribution >= 0.6 is 11.8 Å². The highest BCUT2D eigenvalue weighted by Crippen LogP contribution is 2.40. The van der Waals surface area contributed by atoms with Crippen LogP contribution in [0, 0.1) is 0 Å². The number of benzene rings is 4. The molecule has 1 saturated heterocycles. The Hall–Kier alpha value is -3.99. The third-order valence-corrected chi connectivity index (χ3v) is 8.86. The zero-order chi connectivity index (χ0) is 31.4. The fourth-order valence-corrected chi connectivity index (χ4v) is 6.19. The van der Waals surface area contributed by atoms with Gasteiger partial charge in [-0.1, -0.05) is 91.0 Å². The molecule has 4 N–H and O–H groups in total. The monoisotopic (exact) mass is 626 g/mol. The van der Waals surface area contributed by atoms with Crippen LogP contribution in [0.25, 0.3) is 11.1 Å². The summed E-state index contributed by atoms with van der Waals surface area (Å²) in [5.41, 5.74) is 7.40. The van der Waals surface area contributed by atoms with Gasteiger partial charge in [0, 0.05) is 42.0 Å². The lowest BCUT2D eigenvalue weighted by Crippen LogP contribution is -2.31. The van der Waals surface area contributed by atoms with E-state index in [2.05, 4.69) is 17.4 Å². The van der Waals surface area contributed by atoms with Gasteiger partial charge in [-0.05, 0) is 46.4 Å². The average molecular weight is 627 g/mol. The standard InChI is InChI=1S/C36H38N2O6S/c39-23-25-13-15-27(16-14-25)33-21-30(24-45-31-8-2-1-3-9-31)43-36(44-33)28-19-17-26(18-20-28)32-10-5-4-7-29(32)22-37-34(40)11-6-12-35(41)38-42/h1-5,7-10,13-20,30,33,36,39,42H,6,11-12,21-24H2,(H,37,40)(H,38,41). The SMILES string of the molecule is O=C(CCCC(=O)NCc1ccccc1-c1ccc(C2OC(CSc3ccccc3)CC(c3ccc(CO)cc3)O2)cc1)NO. The summed E-state index contributed by atoms with van der Waals surface area (Å²) in [6.07, 6.45) is 0.638. The van der Waals surface area contributed by atoms with Crippen molar-refractivity contribution < 1.29 is 29.4 Å². The average Bonchev–Trinajstić information content (AvgIpc) is 3.10. The van der Waals surface area contributed by atoms with Crippen LogP contribution in [-0.2, 0) is 32.2 Å². The number of hydrogen-bond donors (Lipinski definition) is 4. The normalized spacial score (nSPS) is 17.9. The maximum absolute atomic E-state index is 12.3. The van der Waals surface area contributed by atoms with Crippen molar-refractivity contribution in [1.82, 2.24) is 10.8 Å². The number of ether oxygens (including phenoxy) is 2. The molecule has 5 rings (SSSR count). The summed E-state index contributed by atoms with van der Waals surface area (Å²) in [6.45, 7) is 0.358. The second-order valence-corrected chi connectivity index (χ2v) is 12.0. The van der Waals surface area contributed by atoms with Crippen molar-refractivity contribution in [3.05, 3.63) is 125 Å². The lowest BCUT2D eigenvalue weighted by molar-refractivity contribution is -0.245. The lowest BCUT2D eigenvalue weighted by atomic mass is 9.97. The summed E-state index contributed by atoms with van der Waals surface area (Å²) in [5.74, 6) is 0.133. The molecule has 1 fully saturated rings. The van der Waals surface area contributed by atoms with Crippen molar-refractivity contribution in [2.24, 2.45) is 0 Å². The largest absolute Gasteiger partial charge is 0.392 e. The van der Waals surface area contributed by atoms with Crippen LogP contribution in [0.2, 0.25) is 0 Å². The number of aliphatic hydroxyl groups excluding tert-OH is 1. The van der Waals surface area contributed by atoms with E-state index in [4.69, 9.17) is 14.7 Å². The van der Waals surface area contributed by atoms with Gasteiger partial charge in [0.1, 0.15) is 0 Å². The fourth-order valence-electron chi connectivity index (χ4n) is 5.25. The molecule has 9 heteroatoms. The molecule has 0 spiro atoms. The Bertz CT molecular complexity index is 1530. The third kappa shape index (κ3) is 9.26. The molecule has 4 aromatic rings. The van der Waals surface area contributed by atoms with Crippen molar-refractivity contribution in [1.29, 1.82) is 0 Å². The minimum absolute atomic E-state index is 0.00123. The molecule has 1 aliphatic heterocycles. The van der Waals surface area contributed by atoms with Crippen LogP contribution in [0.3, 0.4) is 0 Å². The molecule has 3 atom stereocenters.